The fraction of sp³-hybridized carbons (Fsp3) is 0.879. The van der Waals surface area contributed by atoms with Crippen LogP contribution < -0.4 is 0 Å². The standard InChI is InChI=1S/C33H54O11/c1-17(2)19-8-10-31(4)12-21-20(9-11-33(21,38)16-40-7)18(3)25(35)29(24(19)31)43-30-27(37)26(36)28(22(42-30)13-39-6)44-32(5,15-34)23-14-41-23/h12,17-18,20,22-23,25-30,34-38H,8-11,13-16H2,1-7H3/b21-12+/t18-,20+,22-,23+,25-,26-,27-,28-,29-,30-,31-,32-,33+/m1/s1. The number of ether oxygens (including phenoxy) is 6. The highest BCUT2D eigenvalue weighted by molar-refractivity contribution is 5.42. The molecule has 5 aliphatic rings. The molecular weight excluding hydrogens is 572 g/mol. The Labute approximate surface area is 261 Å². The average Bonchev–Trinajstić information content (AvgIpc) is 3.72. The minimum atomic E-state index is -1.51. The van der Waals surface area contributed by atoms with Crippen LogP contribution in [0.15, 0.2) is 22.8 Å². The normalized spacial score (nSPS) is 46.6. The summed E-state index contributed by atoms with van der Waals surface area (Å²) in [6.45, 7) is 10.4. The number of hydrogen-bond acceptors (Lipinski definition) is 11. The number of hydrogen-bond donors (Lipinski definition) is 5. The van der Waals surface area contributed by atoms with Gasteiger partial charge in [0.1, 0.15) is 47.8 Å². The maximum absolute atomic E-state index is 12.1. The van der Waals surface area contributed by atoms with E-state index in [-0.39, 0.29) is 43.7 Å². The second-order valence-electron chi connectivity index (χ2n) is 14.5. The molecule has 0 spiro atoms. The molecule has 13 atom stereocenters. The van der Waals surface area contributed by atoms with Crippen LogP contribution in [0, 0.1) is 23.2 Å². The number of allylic oxidation sites excluding steroid dienone is 2. The summed E-state index contributed by atoms with van der Waals surface area (Å²) in [4.78, 5) is 0. The van der Waals surface area contributed by atoms with E-state index in [1.54, 1.807) is 14.0 Å². The monoisotopic (exact) mass is 626 g/mol. The largest absolute Gasteiger partial charge is 0.393 e. The molecule has 5 rings (SSSR count). The van der Waals surface area contributed by atoms with Crippen molar-refractivity contribution in [2.24, 2.45) is 23.2 Å². The first-order chi connectivity index (χ1) is 20.7. The van der Waals surface area contributed by atoms with Crippen LogP contribution in [0.4, 0.5) is 0 Å². The molecule has 2 aliphatic heterocycles. The van der Waals surface area contributed by atoms with Gasteiger partial charge >= 0.3 is 0 Å². The van der Waals surface area contributed by atoms with Gasteiger partial charge in [-0.15, -0.1) is 0 Å². The van der Waals surface area contributed by atoms with Gasteiger partial charge in [-0.05, 0) is 61.5 Å². The molecule has 2 heterocycles. The first-order valence-corrected chi connectivity index (χ1v) is 16.2. The maximum atomic E-state index is 12.1. The topological polar surface area (TPSA) is 160 Å². The van der Waals surface area contributed by atoms with Crippen LogP contribution in [0.5, 0.6) is 0 Å². The summed E-state index contributed by atoms with van der Waals surface area (Å²) in [5.41, 5.74) is 0.322. The van der Waals surface area contributed by atoms with Crippen LogP contribution in [-0.2, 0) is 28.4 Å². The van der Waals surface area contributed by atoms with Crippen molar-refractivity contribution in [3.63, 3.8) is 0 Å². The molecule has 3 aliphatic carbocycles. The summed E-state index contributed by atoms with van der Waals surface area (Å²) < 4.78 is 35.4. The van der Waals surface area contributed by atoms with Crippen LogP contribution in [0.3, 0.4) is 0 Å². The zero-order chi connectivity index (χ0) is 32.2. The van der Waals surface area contributed by atoms with Gasteiger partial charge in [-0.2, -0.15) is 0 Å². The molecule has 2 saturated heterocycles. The molecule has 0 amide bonds. The molecule has 0 aromatic carbocycles. The van der Waals surface area contributed by atoms with E-state index in [9.17, 15) is 25.5 Å². The van der Waals surface area contributed by atoms with Crippen molar-refractivity contribution in [3.8, 4) is 0 Å². The van der Waals surface area contributed by atoms with Crippen LogP contribution in [0.1, 0.15) is 60.3 Å². The Morgan fingerprint density at radius 2 is 1.80 bits per heavy atom. The fourth-order valence-electron chi connectivity index (χ4n) is 8.22. The summed E-state index contributed by atoms with van der Waals surface area (Å²) in [7, 11) is 3.10. The molecule has 0 radical (unpaired) electrons. The zero-order valence-electron chi connectivity index (χ0n) is 27.3. The van der Waals surface area contributed by atoms with Gasteiger partial charge in [-0.3, -0.25) is 0 Å². The maximum Gasteiger partial charge on any atom is 0.187 e. The highest BCUT2D eigenvalue weighted by Gasteiger charge is 2.56. The number of methoxy groups -OCH3 is 2. The molecule has 5 N–H and O–H groups in total. The van der Waals surface area contributed by atoms with Crippen molar-refractivity contribution in [1.29, 1.82) is 0 Å². The van der Waals surface area contributed by atoms with Gasteiger partial charge in [-0.1, -0.05) is 39.3 Å². The molecule has 0 bridgehead atoms. The number of aliphatic hydroxyl groups is 5. The highest BCUT2D eigenvalue weighted by atomic mass is 16.7. The quantitative estimate of drug-likeness (QED) is 0.167. The van der Waals surface area contributed by atoms with Crippen LogP contribution in [-0.4, -0.2) is 126 Å². The summed E-state index contributed by atoms with van der Waals surface area (Å²) in [5.74, 6) is -0.193. The van der Waals surface area contributed by atoms with Crippen molar-refractivity contribution >= 4 is 0 Å². The minimum absolute atomic E-state index is 0.0366. The zero-order valence-corrected chi connectivity index (χ0v) is 27.3. The predicted octanol–water partition coefficient (Wildman–Crippen LogP) is 1.48. The number of rotatable bonds is 11. The highest BCUT2D eigenvalue weighted by Crippen LogP contribution is 2.56. The van der Waals surface area contributed by atoms with E-state index in [1.165, 1.54) is 12.7 Å². The summed E-state index contributed by atoms with van der Waals surface area (Å²) in [5, 5.41) is 56.7. The van der Waals surface area contributed by atoms with Gasteiger partial charge in [0.15, 0.2) is 6.29 Å². The second kappa shape index (κ2) is 12.9. The van der Waals surface area contributed by atoms with E-state index in [1.807, 2.05) is 6.92 Å². The minimum Gasteiger partial charge on any atom is -0.393 e. The van der Waals surface area contributed by atoms with Crippen molar-refractivity contribution < 1.29 is 54.0 Å². The van der Waals surface area contributed by atoms with Crippen molar-refractivity contribution in [1.82, 2.24) is 0 Å². The molecule has 3 fully saturated rings. The SMILES string of the molecule is COC[C@H]1O[C@H](O[C@@H]2C3=C(C(C)C)CC[C@]3(C)/C=C3\[C@@H](CC[C@]3(O)COC)[C@@H](C)[C@H]2O)[C@H](O)[C@@H](O)[C@@H]1O[C@](C)(CO)[C@@H]1CO1. The van der Waals surface area contributed by atoms with Gasteiger partial charge in [-0.25, -0.2) is 0 Å². The summed E-state index contributed by atoms with van der Waals surface area (Å²) in [6, 6.07) is 0. The Hall–Kier alpha value is -0.960. The van der Waals surface area contributed by atoms with Crippen LogP contribution in [0.25, 0.3) is 0 Å². The van der Waals surface area contributed by atoms with Crippen molar-refractivity contribution in [2.45, 2.75) is 121 Å². The van der Waals surface area contributed by atoms with Crippen LogP contribution in [0.2, 0.25) is 0 Å². The second-order valence-corrected chi connectivity index (χ2v) is 14.5. The van der Waals surface area contributed by atoms with E-state index < -0.39 is 59.5 Å². The Morgan fingerprint density at radius 3 is 2.39 bits per heavy atom. The van der Waals surface area contributed by atoms with E-state index in [2.05, 4.69) is 26.8 Å². The number of aliphatic hydroxyl groups excluding tert-OH is 4. The lowest BCUT2D eigenvalue weighted by Gasteiger charge is -2.48. The Bertz CT molecular complexity index is 1090. The third-order valence-corrected chi connectivity index (χ3v) is 11.0. The third kappa shape index (κ3) is 6.08. The Kier molecular flexibility index (Phi) is 10.1. The molecule has 11 nitrogen and oxygen atoms in total. The molecule has 0 aromatic rings. The van der Waals surface area contributed by atoms with Crippen molar-refractivity contribution in [3.05, 3.63) is 22.8 Å². The summed E-state index contributed by atoms with van der Waals surface area (Å²) >= 11 is 0. The van der Waals surface area contributed by atoms with Gasteiger partial charge in [0.25, 0.3) is 0 Å². The molecule has 252 valence electrons. The van der Waals surface area contributed by atoms with Gasteiger partial charge in [0.2, 0.25) is 0 Å². The van der Waals surface area contributed by atoms with E-state index in [4.69, 9.17) is 28.4 Å². The first kappa shape index (κ1) is 34.4. The molecule has 1 saturated carbocycles. The van der Waals surface area contributed by atoms with Gasteiger partial charge in [0.05, 0.1) is 32.5 Å². The smallest absolute Gasteiger partial charge is 0.187 e. The molecule has 0 aromatic heterocycles. The molecule has 11 heteroatoms. The first-order valence-electron chi connectivity index (χ1n) is 16.2. The van der Waals surface area contributed by atoms with Crippen LogP contribution >= 0.6 is 0 Å². The third-order valence-electron chi connectivity index (χ3n) is 11.0. The lowest BCUT2D eigenvalue weighted by molar-refractivity contribution is -0.334. The molecule has 0 unspecified atom stereocenters. The number of fused-ring (bicyclic) bond motifs is 2. The predicted molar refractivity (Wildman–Crippen MR) is 160 cm³/mol. The van der Waals surface area contributed by atoms with Gasteiger partial charge < -0.3 is 54.0 Å². The lowest BCUT2D eigenvalue weighted by Crippen LogP contribution is -2.63. The molecular formula is C33H54O11. The van der Waals surface area contributed by atoms with Gasteiger partial charge in [0, 0.05) is 19.6 Å². The Balaban J connectivity index is 1.50. The average molecular weight is 627 g/mol. The van der Waals surface area contributed by atoms with E-state index in [0.717, 1.165) is 24.0 Å². The number of epoxide rings is 1. The summed E-state index contributed by atoms with van der Waals surface area (Å²) in [6.07, 6.45) is -3.21. The van der Waals surface area contributed by atoms with E-state index >= 15 is 0 Å². The van der Waals surface area contributed by atoms with E-state index in [0.29, 0.717) is 19.4 Å². The van der Waals surface area contributed by atoms with Crippen molar-refractivity contribution in [2.75, 3.05) is 40.6 Å². The Morgan fingerprint density at radius 1 is 1.09 bits per heavy atom. The lowest BCUT2D eigenvalue weighted by atomic mass is 9.68. The fourth-order valence-corrected chi connectivity index (χ4v) is 8.22. The molecule has 44 heavy (non-hydrogen) atoms.